The fraction of sp³-hybridized carbons (Fsp3) is 0.625. The first kappa shape index (κ1) is 11.0. The summed E-state index contributed by atoms with van der Waals surface area (Å²) in [6.45, 7) is 2.13. The largest absolute Gasteiger partial charge is 0.364 e. The maximum Gasteiger partial charge on any atom is 0.136 e. The second-order valence-electron chi connectivity index (χ2n) is 2.35. The van der Waals surface area contributed by atoms with Gasteiger partial charge in [0.05, 0.1) is 0 Å². The lowest BCUT2D eigenvalue weighted by Gasteiger charge is -2.10. The minimum absolute atomic E-state index is 0.950. The first-order chi connectivity index (χ1) is 5.18. The Bertz CT molecular complexity index is 141. The van der Waals surface area contributed by atoms with Crippen LogP contribution in [0.25, 0.3) is 0 Å². The van der Waals surface area contributed by atoms with Crippen LogP contribution < -0.4 is 0 Å². The fourth-order valence-electron chi connectivity index (χ4n) is 0.483. The van der Waals surface area contributed by atoms with Gasteiger partial charge in [-0.05, 0) is 6.42 Å². The molecule has 0 saturated heterocycles. The van der Waals surface area contributed by atoms with Crippen LogP contribution >= 0.6 is 24.0 Å². The van der Waals surface area contributed by atoms with Crippen LogP contribution in [-0.2, 0) is 0 Å². The summed E-state index contributed by atoms with van der Waals surface area (Å²) in [5.74, 6) is 0.991. The van der Waals surface area contributed by atoms with Crippen LogP contribution in [0.3, 0.4) is 0 Å². The minimum Gasteiger partial charge on any atom is -0.364 e. The van der Waals surface area contributed by atoms with E-state index in [0.717, 1.165) is 16.5 Å². The van der Waals surface area contributed by atoms with E-state index in [4.69, 9.17) is 12.2 Å². The number of hydrogen-bond donors (Lipinski definition) is 0. The third-order valence-corrected chi connectivity index (χ3v) is 2.76. The Morgan fingerprint density at radius 1 is 1.45 bits per heavy atom. The molecule has 11 heavy (non-hydrogen) atoms. The normalized spacial score (nSPS) is 10.5. The van der Waals surface area contributed by atoms with Crippen molar-refractivity contribution in [1.29, 1.82) is 0 Å². The Morgan fingerprint density at radius 3 is 2.55 bits per heavy atom. The van der Waals surface area contributed by atoms with Gasteiger partial charge in [-0.25, -0.2) is 0 Å². The Morgan fingerprint density at radius 2 is 2.09 bits per heavy atom. The molecule has 0 amide bonds. The van der Waals surface area contributed by atoms with Crippen molar-refractivity contribution in [1.82, 2.24) is 4.90 Å². The third-order valence-electron chi connectivity index (χ3n) is 1.07. The summed E-state index contributed by atoms with van der Waals surface area (Å²) in [7, 11) is 3.94. The smallest absolute Gasteiger partial charge is 0.136 e. The number of rotatable bonds is 3. The highest BCUT2D eigenvalue weighted by Crippen LogP contribution is 2.06. The van der Waals surface area contributed by atoms with Gasteiger partial charge in [0.15, 0.2) is 0 Å². The Labute approximate surface area is 78.8 Å². The molecule has 3 heteroatoms. The van der Waals surface area contributed by atoms with Crippen molar-refractivity contribution < 1.29 is 0 Å². The molecule has 0 radical (unpaired) electrons. The number of thioether (sulfide) groups is 1. The molecule has 0 unspecified atom stereocenters. The van der Waals surface area contributed by atoms with Gasteiger partial charge in [-0.1, -0.05) is 43.1 Å². The second kappa shape index (κ2) is 6.68. The van der Waals surface area contributed by atoms with Gasteiger partial charge in [0.2, 0.25) is 0 Å². The van der Waals surface area contributed by atoms with Gasteiger partial charge >= 0.3 is 0 Å². The molecule has 0 rings (SSSR count). The van der Waals surface area contributed by atoms with Crippen LogP contribution in [0.1, 0.15) is 13.3 Å². The van der Waals surface area contributed by atoms with Gasteiger partial charge in [-0.3, -0.25) is 0 Å². The van der Waals surface area contributed by atoms with Crippen molar-refractivity contribution >= 4 is 28.3 Å². The molecule has 0 aromatic carbocycles. The van der Waals surface area contributed by atoms with Crippen molar-refractivity contribution in [3.63, 3.8) is 0 Å². The Hall–Kier alpha value is -0.0200. The monoisotopic (exact) mass is 189 g/mol. The molecule has 1 nitrogen and oxygen atoms in total. The van der Waals surface area contributed by atoms with Gasteiger partial charge in [0.25, 0.3) is 0 Å². The predicted molar refractivity (Wildman–Crippen MR) is 58.2 cm³/mol. The van der Waals surface area contributed by atoms with Crippen molar-refractivity contribution in [3.8, 4) is 0 Å². The molecule has 0 aliphatic heterocycles. The minimum atomic E-state index is 0.950. The van der Waals surface area contributed by atoms with Gasteiger partial charge in [0, 0.05) is 19.8 Å². The molecule has 0 N–H and O–H groups in total. The number of nitrogens with zero attached hydrogens (tertiary/aromatic N) is 1. The lowest BCUT2D eigenvalue weighted by molar-refractivity contribution is 0.648. The van der Waals surface area contributed by atoms with E-state index in [0.29, 0.717) is 0 Å². The van der Waals surface area contributed by atoms with E-state index >= 15 is 0 Å². The van der Waals surface area contributed by atoms with E-state index in [-0.39, 0.29) is 0 Å². The van der Waals surface area contributed by atoms with Crippen LogP contribution in [-0.4, -0.2) is 29.1 Å². The van der Waals surface area contributed by atoms with Crippen molar-refractivity contribution in [2.75, 3.05) is 19.8 Å². The summed E-state index contributed by atoms with van der Waals surface area (Å²) in [5.41, 5.74) is 0. The van der Waals surface area contributed by atoms with E-state index < -0.39 is 0 Å². The molecule has 0 fully saturated rings. The first-order valence-corrected chi connectivity index (χ1v) is 5.07. The van der Waals surface area contributed by atoms with E-state index in [1.165, 1.54) is 0 Å². The van der Waals surface area contributed by atoms with Crippen LogP contribution in [0.4, 0.5) is 0 Å². The molecule has 0 heterocycles. The molecule has 0 aliphatic carbocycles. The number of allylic oxidation sites excluding steroid dienone is 1. The molecule has 0 bridgehead atoms. The molecular weight excluding hydrogens is 174 g/mol. The van der Waals surface area contributed by atoms with Crippen molar-refractivity contribution in [3.05, 3.63) is 12.2 Å². The van der Waals surface area contributed by atoms with Gasteiger partial charge in [-0.15, -0.1) is 0 Å². The Balaban J connectivity index is 3.39. The zero-order valence-corrected chi connectivity index (χ0v) is 8.97. The third kappa shape index (κ3) is 6.38. The van der Waals surface area contributed by atoms with Crippen LogP contribution in [0.2, 0.25) is 0 Å². The zero-order chi connectivity index (χ0) is 8.69. The van der Waals surface area contributed by atoms with E-state index in [1.807, 2.05) is 19.0 Å². The summed E-state index contributed by atoms with van der Waals surface area (Å²) < 4.78 is 0.950. The highest BCUT2D eigenvalue weighted by atomic mass is 32.2. The number of thiocarbonyl (C=S) groups is 1. The zero-order valence-electron chi connectivity index (χ0n) is 7.33. The topological polar surface area (TPSA) is 3.24 Å². The SMILES string of the molecule is CC/C=C/CSC(=S)N(C)C. The maximum absolute atomic E-state index is 5.08. The molecule has 0 aromatic rings. The van der Waals surface area contributed by atoms with Gasteiger partial charge in [0.1, 0.15) is 4.32 Å². The molecule has 0 aliphatic rings. The molecule has 64 valence electrons. The average Bonchev–Trinajstić information content (AvgIpc) is 1.97. The molecular formula is C8H15NS2. The molecule has 0 atom stereocenters. The maximum atomic E-state index is 5.08. The molecule has 0 spiro atoms. The quantitative estimate of drug-likeness (QED) is 0.496. The lowest BCUT2D eigenvalue weighted by Crippen LogP contribution is -2.16. The van der Waals surface area contributed by atoms with E-state index in [2.05, 4.69) is 19.1 Å². The predicted octanol–water partition coefficient (Wildman–Crippen LogP) is 2.53. The van der Waals surface area contributed by atoms with E-state index in [9.17, 15) is 0 Å². The van der Waals surface area contributed by atoms with Gasteiger partial charge in [-0.2, -0.15) is 0 Å². The standard InChI is InChI=1S/C8H15NS2/c1-4-5-6-7-11-8(10)9(2)3/h5-6H,4,7H2,1-3H3/b6-5+. The summed E-state index contributed by atoms with van der Waals surface area (Å²) in [4.78, 5) is 1.96. The molecule has 0 aromatic heterocycles. The molecule has 0 saturated carbocycles. The first-order valence-electron chi connectivity index (χ1n) is 3.67. The number of hydrogen-bond acceptors (Lipinski definition) is 2. The van der Waals surface area contributed by atoms with Crippen molar-refractivity contribution in [2.24, 2.45) is 0 Å². The summed E-state index contributed by atoms with van der Waals surface area (Å²) in [5, 5.41) is 0. The summed E-state index contributed by atoms with van der Waals surface area (Å²) in [6, 6.07) is 0. The lowest BCUT2D eigenvalue weighted by atomic mass is 10.4. The van der Waals surface area contributed by atoms with E-state index in [1.54, 1.807) is 11.8 Å². The highest BCUT2D eigenvalue weighted by molar-refractivity contribution is 8.23. The van der Waals surface area contributed by atoms with Gasteiger partial charge < -0.3 is 4.90 Å². The van der Waals surface area contributed by atoms with Crippen LogP contribution in [0.5, 0.6) is 0 Å². The Kier molecular flexibility index (Phi) is 6.66. The van der Waals surface area contributed by atoms with Crippen LogP contribution in [0.15, 0.2) is 12.2 Å². The fourth-order valence-corrected chi connectivity index (χ4v) is 1.32. The highest BCUT2D eigenvalue weighted by Gasteiger charge is 1.95. The second-order valence-corrected chi connectivity index (χ2v) is 4.00. The summed E-state index contributed by atoms with van der Waals surface area (Å²) in [6.07, 6.45) is 5.42. The van der Waals surface area contributed by atoms with Crippen LogP contribution in [0, 0.1) is 0 Å². The summed E-state index contributed by atoms with van der Waals surface area (Å²) >= 11 is 6.78. The average molecular weight is 189 g/mol. The van der Waals surface area contributed by atoms with Crippen molar-refractivity contribution in [2.45, 2.75) is 13.3 Å².